The molecule has 0 radical (unpaired) electrons. The predicted octanol–water partition coefficient (Wildman–Crippen LogP) is 1.93. The van der Waals surface area contributed by atoms with E-state index in [2.05, 4.69) is 4.98 Å². The summed E-state index contributed by atoms with van der Waals surface area (Å²) in [6, 6.07) is 13.8. The summed E-state index contributed by atoms with van der Waals surface area (Å²) in [6.45, 7) is 2.45. The van der Waals surface area contributed by atoms with Crippen molar-refractivity contribution in [1.82, 2.24) is 14.8 Å². The lowest BCUT2D eigenvalue weighted by molar-refractivity contribution is -0.139. The zero-order chi connectivity index (χ0) is 17.5. The predicted molar refractivity (Wildman–Crippen MR) is 95.9 cm³/mol. The van der Waals surface area contributed by atoms with E-state index < -0.39 is 0 Å². The normalized spacial score (nSPS) is 14.4. The highest BCUT2D eigenvalue weighted by Gasteiger charge is 2.23. The van der Waals surface area contributed by atoms with Gasteiger partial charge in [-0.05, 0) is 23.6 Å². The summed E-state index contributed by atoms with van der Waals surface area (Å²) >= 11 is 0. The van der Waals surface area contributed by atoms with Crippen LogP contribution in [0.3, 0.4) is 0 Å². The van der Waals surface area contributed by atoms with Crippen molar-refractivity contribution in [3.8, 4) is 0 Å². The molecule has 1 aromatic heterocycles. The third-order valence-electron chi connectivity index (χ3n) is 4.53. The highest BCUT2D eigenvalue weighted by Crippen LogP contribution is 2.09. The van der Waals surface area contributed by atoms with Gasteiger partial charge in [-0.3, -0.25) is 14.6 Å². The van der Waals surface area contributed by atoms with Crippen molar-refractivity contribution in [2.24, 2.45) is 0 Å². The van der Waals surface area contributed by atoms with Crippen molar-refractivity contribution in [1.29, 1.82) is 0 Å². The maximum Gasteiger partial charge on any atom is 0.227 e. The van der Waals surface area contributed by atoms with E-state index in [-0.39, 0.29) is 11.8 Å². The van der Waals surface area contributed by atoms with E-state index in [0.717, 1.165) is 12.0 Å². The van der Waals surface area contributed by atoms with Crippen LogP contribution in [0.25, 0.3) is 0 Å². The Morgan fingerprint density at radius 1 is 0.840 bits per heavy atom. The number of nitrogens with zero attached hydrogens (tertiary/aromatic N) is 3. The zero-order valence-electron chi connectivity index (χ0n) is 14.3. The first-order valence-corrected chi connectivity index (χ1v) is 8.71. The number of rotatable bonds is 5. The van der Waals surface area contributed by atoms with Crippen molar-refractivity contribution >= 4 is 11.8 Å². The standard InChI is InChI=1S/C20H23N3O2/c24-19(9-8-17-5-2-1-3-6-17)22-11-13-23(14-12-22)20(25)15-18-7-4-10-21-16-18/h1-7,10,16H,8-9,11-15H2. The summed E-state index contributed by atoms with van der Waals surface area (Å²) in [4.78, 5) is 32.5. The molecule has 2 aromatic rings. The third kappa shape index (κ3) is 4.89. The molecule has 0 spiro atoms. The fraction of sp³-hybridized carbons (Fsp3) is 0.350. The minimum atomic E-state index is 0.101. The Labute approximate surface area is 148 Å². The first-order valence-electron chi connectivity index (χ1n) is 8.71. The number of carbonyl (C=O) groups excluding carboxylic acids is 2. The molecule has 1 saturated heterocycles. The van der Waals surface area contributed by atoms with Gasteiger partial charge in [-0.15, -0.1) is 0 Å². The molecule has 3 rings (SSSR count). The van der Waals surface area contributed by atoms with Crippen LogP contribution in [0.15, 0.2) is 54.9 Å². The fourth-order valence-corrected chi connectivity index (χ4v) is 3.05. The van der Waals surface area contributed by atoms with E-state index in [4.69, 9.17) is 0 Å². The Balaban J connectivity index is 1.43. The second-order valence-electron chi connectivity index (χ2n) is 6.29. The van der Waals surface area contributed by atoms with Crippen molar-refractivity contribution < 1.29 is 9.59 Å². The molecule has 0 aliphatic carbocycles. The summed E-state index contributed by atoms with van der Waals surface area (Å²) in [6.07, 6.45) is 5.08. The number of benzene rings is 1. The van der Waals surface area contributed by atoms with E-state index >= 15 is 0 Å². The molecule has 1 fully saturated rings. The van der Waals surface area contributed by atoms with Gasteiger partial charge < -0.3 is 9.80 Å². The number of aromatic nitrogens is 1. The molecular formula is C20H23N3O2. The minimum Gasteiger partial charge on any atom is -0.339 e. The molecule has 0 saturated carbocycles. The zero-order valence-corrected chi connectivity index (χ0v) is 14.3. The second kappa shape index (κ2) is 8.42. The molecule has 130 valence electrons. The maximum absolute atomic E-state index is 12.4. The molecule has 1 aliphatic rings. The van der Waals surface area contributed by atoms with Crippen molar-refractivity contribution in [3.63, 3.8) is 0 Å². The largest absolute Gasteiger partial charge is 0.339 e. The summed E-state index contributed by atoms with van der Waals surface area (Å²) in [5.41, 5.74) is 2.11. The van der Waals surface area contributed by atoms with Crippen LogP contribution in [0.1, 0.15) is 17.5 Å². The minimum absolute atomic E-state index is 0.101. The first kappa shape index (κ1) is 17.1. The molecule has 0 unspecified atom stereocenters. The van der Waals surface area contributed by atoms with Crippen LogP contribution < -0.4 is 0 Å². The number of pyridine rings is 1. The van der Waals surface area contributed by atoms with Gasteiger partial charge in [0, 0.05) is 45.0 Å². The summed E-state index contributed by atoms with van der Waals surface area (Å²) < 4.78 is 0. The van der Waals surface area contributed by atoms with Gasteiger partial charge in [0.1, 0.15) is 0 Å². The van der Waals surface area contributed by atoms with Crippen LogP contribution in [0, 0.1) is 0 Å². The number of amides is 2. The smallest absolute Gasteiger partial charge is 0.227 e. The summed E-state index contributed by atoms with van der Waals surface area (Å²) in [7, 11) is 0. The molecule has 0 bridgehead atoms. The van der Waals surface area contributed by atoms with Crippen LogP contribution >= 0.6 is 0 Å². The SMILES string of the molecule is O=C(CCc1ccccc1)N1CCN(C(=O)Cc2cccnc2)CC1. The van der Waals surface area contributed by atoms with Crippen LogP contribution in [0.2, 0.25) is 0 Å². The Hall–Kier alpha value is -2.69. The molecular weight excluding hydrogens is 314 g/mol. The highest BCUT2D eigenvalue weighted by atomic mass is 16.2. The molecule has 0 atom stereocenters. The second-order valence-corrected chi connectivity index (χ2v) is 6.29. The average Bonchev–Trinajstić information content (AvgIpc) is 2.68. The lowest BCUT2D eigenvalue weighted by atomic mass is 10.1. The van der Waals surface area contributed by atoms with Gasteiger partial charge >= 0.3 is 0 Å². The summed E-state index contributed by atoms with van der Waals surface area (Å²) in [5, 5.41) is 0. The van der Waals surface area contributed by atoms with Crippen LogP contribution in [-0.4, -0.2) is 52.8 Å². The quantitative estimate of drug-likeness (QED) is 0.838. The molecule has 1 aliphatic heterocycles. The lowest BCUT2D eigenvalue weighted by Crippen LogP contribution is -2.51. The summed E-state index contributed by atoms with van der Waals surface area (Å²) in [5.74, 6) is 0.271. The van der Waals surface area contributed by atoms with Gasteiger partial charge in [0.05, 0.1) is 6.42 Å². The van der Waals surface area contributed by atoms with Gasteiger partial charge in [-0.2, -0.15) is 0 Å². The molecule has 2 heterocycles. The molecule has 2 amide bonds. The number of hydrogen-bond acceptors (Lipinski definition) is 3. The highest BCUT2D eigenvalue weighted by molar-refractivity contribution is 5.80. The van der Waals surface area contributed by atoms with E-state index in [1.807, 2.05) is 52.3 Å². The van der Waals surface area contributed by atoms with Gasteiger partial charge in [0.15, 0.2) is 0 Å². The van der Waals surface area contributed by atoms with E-state index in [9.17, 15) is 9.59 Å². The van der Waals surface area contributed by atoms with Crippen molar-refractivity contribution in [2.75, 3.05) is 26.2 Å². The molecule has 1 aromatic carbocycles. The van der Waals surface area contributed by atoms with Gasteiger partial charge in [0.2, 0.25) is 11.8 Å². The average molecular weight is 337 g/mol. The lowest BCUT2D eigenvalue weighted by Gasteiger charge is -2.35. The molecule has 5 heteroatoms. The number of aryl methyl sites for hydroxylation is 1. The number of piperazine rings is 1. The Morgan fingerprint density at radius 3 is 2.12 bits per heavy atom. The maximum atomic E-state index is 12.4. The third-order valence-corrected chi connectivity index (χ3v) is 4.53. The molecule has 0 N–H and O–H groups in total. The number of hydrogen-bond donors (Lipinski definition) is 0. The monoisotopic (exact) mass is 337 g/mol. The van der Waals surface area contributed by atoms with Crippen molar-refractivity contribution in [2.45, 2.75) is 19.3 Å². The Morgan fingerprint density at radius 2 is 1.48 bits per heavy atom. The van der Waals surface area contributed by atoms with Gasteiger partial charge in [-0.1, -0.05) is 36.4 Å². The van der Waals surface area contributed by atoms with E-state index in [0.29, 0.717) is 39.0 Å². The first-order chi connectivity index (χ1) is 12.2. The van der Waals surface area contributed by atoms with Crippen molar-refractivity contribution in [3.05, 3.63) is 66.0 Å². The number of carbonyl (C=O) groups is 2. The van der Waals surface area contributed by atoms with Gasteiger partial charge in [-0.25, -0.2) is 0 Å². The fourth-order valence-electron chi connectivity index (χ4n) is 3.05. The molecule has 25 heavy (non-hydrogen) atoms. The van der Waals surface area contributed by atoms with E-state index in [1.165, 1.54) is 5.56 Å². The van der Waals surface area contributed by atoms with E-state index in [1.54, 1.807) is 12.4 Å². The van der Waals surface area contributed by atoms with Crippen LogP contribution in [0.4, 0.5) is 0 Å². The van der Waals surface area contributed by atoms with Gasteiger partial charge in [0.25, 0.3) is 0 Å². The Bertz CT molecular complexity index is 695. The van der Waals surface area contributed by atoms with Crippen LogP contribution in [0.5, 0.6) is 0 Å². The topological polar surface area (TPSA) is 53.5 Å². The van der Waals surface area contributed by atoms with Crippen LogP contribution in [-0.2, 0) is 22.4 Å². The molecule has 5 nitrogen and oxygen atoms in total. The Kier molecular flexibility index (Phi) is 5.77.